The highest BCUT2D eigenvalue weighted by molar-refractivity contribution is 7.99. The first-order chi connectivity index (χ1) is 10.3. The molecule has 1 aliphatic rings. The molecule has 0 aliphatic carbocycles. The lowest BCUT2D eigenvalue weighted by atomic mass is 10.1. The van der Waals surface area contributed by atoms with Crippen molar-refractivity contribution in [1.29, 1.82) is 0 Å². The number of ether oxygens (including phenoxy) is 3. The fraction of sp³-hybridized carbons (Fsp3) is 0.625. The maximum absolute atomic E-state index is 5.67. The van der Waals surface area contributed by atoms with Gasteiger partial charge in [0, 0.05) is 29.7 Å². The van der Waals surface area contributed by atoms with Crippen LogP contribution in [0.4, 0.5) is 0 Å². The third-order valence-corrected chi connectivity index (χ3v) is 4.95. The molecule has 1 fully saturated rings. The van der Waals surface area contributed by atoms with Gasteiger partial charge in [-0.1, -0.05) is 0 Å². The molecule has 1 heterocycles. The van der Waals surface area contributed by atoms with Crippen molar-refractivity contribution in [1.82, 2.24) is 5.32 Å². The SMILES string of the molecule is CNC(CSCC1CCCO1)c1cc(OC)ccc1OC. The molecule has 4 nitrogen and oxygen atoms in total. The summed E-state index contributed by atoms with van der Waals surface area (Å²) >= 11 is 1.93. The van der Waals surface area contributed by atoms with Crippen LogP contribution in [0.1, 0.15) is 24.4 Å². The van der Waals surface area contributed by atoms with Crippen molar-refractivity contribution in [3.8, 4) is 11.5 Å². The molecule has 0 bridgehead atoms. The molecule has 2 rings (SSSR count). The predicted octanol–water partition coefficient (Wildman–Crippen LogP) is 2.88. The van der Waals surface area contributed by atoms with E-state index in [2.05, 4.69) is 5.32 Å². The van der Waals surface area contributed by atoms with Gasteiger partial charge < -0.3 is 19.5 Å². The average Bonchev–Trinajstić information content (AvgIpc) is 3.04. The second kappa shape index (κ2) is 8.51. The topological polar surface area (TPSA) is 39.7 Å². The van der Waals surface area contributed by atoms with E-state index in [1.54, 1.807) is 14.2 Å². The Kier molecular flexibility index (Phi) is 6.67. The third kappa shape index (κ3) is 4.53. The number of thioether (sulfide) groups is 1. The predicted molar refractivity (Wildman–Crippen MR) is 87.6 cm³/mol. The molecule has 1 saturated heterocycles. The Morgan fingerprint density at radius 1 is 1.38 bits per heavy atom. The van der Waals surface area contributed by atoms with Crippen molar-refractivity contribution in [2.45, 2.75) is 25.0 Å². The Morgan fingerprint density at radius 2 is 2.24 bits per heavy atom. The number of rotatable bonds is 8. The van der Waals surface area contributed by atoms with Gasteiger partial charge in [-0.15, -0.1) is 0 Å². The van der Waals surface area contributed by atoms with E-state index in [4.69, 9.17) is 14.2 Å². The first-order valence-corrected chi connectivity index (χ1v) is 8.52. The van der Waals surface area contributed by atoms with Gasteiger partial charge in [0.25, 0.3) is 0 Å². The van der Waals surface area contributed by atoms with E-state index in [1.165, 1.54) is 12.8 Å². The zero-order valence-corrected chi connectivity index (χ0v) is 13.9. The number of hydrogen-bond donors (Lipinski definition) is 1. The molecule has 2 atom stereocenters. The first-order valence-electron chi connectivity index (χ1n) is 7.37. The largest absolute Gasteiger partial charge is 0.497 e. The number of methoxy groups -OCH3 is 2. The van der Waals surface area contributed by atoms with Gasteiger partial charge in [-0.05, 0) is 38.1 Å². The van der Waals surface area contributed by atoms with Crippen LogP contribution in [0.3, 0.4) is 0 Å². The van der Waals surface area contributed by atoms with Gasteiger partial charge in [0.1, 0.15) is 11.5 Å². The molecule has 2 unspecified atom stereocenters. The highest BCUT2D eigenvalue weighted by Gasteiger charge is 2.19. The summed E-state index contributed by atoms with van der Waals surface area (Å²) in [5.74, 6) is 3.80. The van der Waals surface area contributed by atoms with Gasteiger partial charge in [-0.3, -0.25) is 0 Å². The molecule has 0 amide bonds. The summed E-state index contributed by atoms with van der Waals surface area (Å²) in [6.07, 6.45) is 2.82. The average molecular weight is 311 g/mol. The molecule has 0 aromatic heterocycles. The molecule has 0 saturated carbocycles. The summed E-state index contributed by atoms with van der Waals surface area (Å²) in [4.78, 5) is 0. The van der Waals surface area contributed by atoms with E-state index in [0.717, 1.165) is 35.2 Å². The summed E-state index contributed by atoms with van der Waals surface area (Å²) in [5.41, 5.74) is 1.14. The fourth-order valence-electron chi connectivity index (χ4n) is 2.53. The van der Waals surface area contributed by atoms with Crippen molar-refractivity contribution in [3.05, 3.63) is 23.8 Å². The second-order valence-electron chi connectivity index (χ2n) is 5.12. The first kappa shape index (κ1) is 16.5. The Bertz CT molecular complexity index is 436. The van der Waals surface area contributed by atoms with Gasteiger partial charge in [0.2, 0.25) is 0 Å². The second-order valence-corrected chi connectivity index (χ2v) is 6.20. The third-order valence-electron chi connectivity index (χ3n) is 3.77. The molecule has 0 radical (unpaired) electrons. The number of benzene rings is 1. The van der Waals surface area contributed by atoms with Crippen molar-refractivity contribution >= 4 is 11.8 Å². The van der Waals surface area contributed by atoms with Crippen LogP contribution in [0, 0.1) is 0 Å². The molecule has 0 spiro atoms. The number of hydrogen-bond acceptors (Lipinski definition) is 5. The Morgan fingerprint density at radius 3 is 2.86 bits per heavy atom. The van der Waals surface area contributed by atoms with Crippen molar-refractivity contribution in [3.63, 3.8) is 0 Å². The summed E-state index contributed by atoms with van der Waals surface area (Å²) in [6.45, 7) is 0.921. The fourth-order valence-corrected chi connectivity index (χ4v) is 3.78. The van der Waals surface area contributed by atoms with Crippen molar-refractivity contribution in [2.75, 3.05) is 39.4 Å². The van der Waals surface area contributed by atoms with Crippen molar-refractivity contribution in [2.24, 2.45) is 0 Å². The molecular weight excluding hydrogens is 286 g/mol. The molecule has 1 aromatic rings. The molecular formula is C16H25NO3S. The van der Waals surface area contributed by atoms with Gasteiger partial charge >= 0.3 is 0 Å². The monoisotopic (exact) mass is 311 g/mol. The van der Waals surface area contributed by atoms with Gasteiger partial charge in [0.15, 0.2) is 0 Å². The molecule has 1 N–H and O–H groups in total. The maximum Gasteiger partial charge on any atom is 0.123 e. The molecule has 5 heteroatoms. The summed E-state index contributed by atoms with van der Waals surface area (Å²) in [5, 5.41) is 3.37. The van der Waals surface area contributed by atoms with Crippen LogP contribution in [-0.4, -0.2) is 45.5 Å². The minimum atomic E-state index is 0.237. The van der Waals surface area contributed by atoms with E-state index < -0.39 is 0 Å². The van der Waals surface area contributed by atoms with Crippen LogP contribution in [0.5, 0.6) is 11.5 Å². The zero-order chi connectivity index (χ0) is 15.1. The summed E-state index contributed by atoms with van der Waals surface area (Å²) in [7, 11) is 5.37. The Balaban J connectivity index is 1.98. The van der Waals surface area contributed by atoms with Gasteiger partial charge in [-0.2, -0.15) is 11.8 Å². The highest BCUT2D eigenvalue weighted by atomic mass is 32.2. The lowest BCUT2D eigenvalue weighted by Gasteiger charge is -2.20. The smallest absolute Gasteiger partial charge is 0.123 e. The molecule has 1 aliphatic heterocycles. The molecule has 118 valence electrons. The van der Waals surface area contributed by atoms with Crippen LogP contribution in [-0.2, 0) is 4.74 Å². The minimum absolute atomic E-state index is 0.237. The normalized spacial score (nSPS) is 19.5. The van der Waals surface area contributed by atoms with Crippen molar-refractivity contribution < 1.29 is 14.2 Å². The van der Waals surface area contributed by atoms with E-state index in [9.17, 15) is 0 Å². The molecule has 21 heavy (non-hydrogen) atoms. The lowest BCUT2D eigenvalue weighted by Crippen LogP contribution is -2.21. The van der Waals surface area contributed by atoms with E-state index in [1.807, 2.05) is 37.0 Å². The standard InChI is InChI=1S/C16H25NO3S/c1-17-15(11-21-10-13-5-4-8-20-13)14-9-12(18-2)6-7-16(14)19-3/h6-7,9,13,15,17H,4-5,8,10-11H2,1-3H3. The molecule has 1 aromatic carbocycles. The Labute approximate surface area is 131 Å². The summed E-state index contributed by atoms with van der Waals surface area (Å²) < 4.78 is 16.5. The van der Waals surface area contributed by atoms with Crippen LogP contribution < -0.4 is 14.8 Å². The van der Waals surface area contributed by atoms with Crippen LogP contribution in [0.25, 0.3) is 0 Å². The van der Waals surface area contributed by atoms with Crippen LogP contribution in [0.15, 0.2) is 18.2 Å². The van der Waals surface area contributed by atoms with E-state index >= 15 is 0 Å². The zero-order valence-electron chi connectivity index (χ0n) is 13.1. The van der Waals surface area contributed by atoms with Gasteiger partial charge in [-0.25, -0.2) is 0 Å². The van der Waals surface area contributed by atoms with Crippen LogP contribution >= 0.6 is 11.8 Å². The lowest BCUT2D eigenvalue weighted by molar-refractivity contribution is 0.129. The van der Waals surface area contributed by atoms with Crippen LogP contribution in [0.2, 0.25) is 0 Å². The highest BCUT2D eigenvalue weighted by Crippen LogP contribution is 2.31. The minimum Gasteiger partial charge on any atom is -0.497 e. The van der Waals surface area contributed by atoms with E-state index in [0.29, 0.717) is 6.10 Å². The Hall–Kier alpha value is -0.910. The van der Waals surface area contributed by atoms with E-state index in [-0.39, 0.29) is 6.04 Å². The number of nitrogens with one attached hydrogen (secondary N) is 1. The van der Waals surface area contributed by atoms with Gasteiger partial charge in [0.05, 0.1) is 20.3 Å². The summed E-state index contributed by atoms with van der Waals surface area (Å²) in [6, 6.07) is 6.17. The maximum atomic E-state index is 5.67. The quantitative estimate of drug-likeness (QED) is 0.799.